The number of nitriles is 1. The molecule has 1 amide bonds. The van der Waals surface area contributed by atoms with E-state index in [4.69, 9.17) is 4.74 Å². The van der Waals surface area contributed by atoms with Gasteiger partial charge in [-0.2, -0.15) is 5.26 Å². The lowest BCUT2D eigenvalue weighted by Gasteiger charge is -2.26. The molecule has 39 heavy (non-hydrogen) atoms. The third-order valence-corrected chi connectivity index (χ3v) is 7.56. The van der Waals surface area contributed by atoms with E-state index in [1.165, 1.54) is 38.0 Å². The third kappa shape index (κ3) is 5.91. The van der Waals surface area contributed by atoms with Gasteiger partial charge in [-0.3, -0.25) is 18.5 Å². The van der Waals surface area contributed by atoms with Crippen molar-refractivity contribution in [3.63, 3.8) is 0 Å². The van der Waals surface area contributed by atoms with E-state index in [0.717, 1.165) is 10.4 Å². The molecular formula is C26H22F2N6O4S. The molecule has 0 aliphatic heterocycles. The van der Waals surface area contributed by atoms with E-state index in [1.807, 2.05) is 6.07 Å². The number of anilines is 2. The van der Waals surface area contributed by atoms with E-state index < -0.39 is 45.5 Å². The van der Waals surface area contributed by atoms with Crippen molar-refractivity contribution in [1.82, 2.24) is 15.0 Å². The van der Waals surface area contributed by atoms with Gasteiger partial charge in [0.05, 0.1) is 54.8 Å². The summed E-state index contributed by atoms with van der Waals surface area (Å²) in [5.74, 6) is -1.99. The number of amides is 1. The molecule has 0 atom stereocenters. The topological polar surface area (TPSA) is 138 Å². The van der Waals surface area contributed by atoms with Gasteiger partial charge in [0.25, 0.3) is 5.91 Å². The molecule has 0 fully saturated rings. The van der Waals surface area contributed by atoms with E-state index in [0.29, 0.717) is 16.8 Å². The Labute approximate surface area is 223 Å². The van der Waals surface area contributed by atoms with Crippen LogP contribution in [0.2, 0.25) is 0 Å². The molecule has 0 saturated carbocycles. The number of ether oxygens (including phenoxy) is 1. The van der Waals surface area contributed by atoms with Crippen molar-refractivity contribution in [3.05, 3.63) is 83.7 Å². The number of carbonyl (C=O) groups is 1. The molecule has 13 heteroatoms. The van der Waals surface area contributed by atoms with E-state index >= 15 is 4.39 Å². The Kier molecular flexibility index (Phi) is 8.26. The molecular weight excluding hydrogens is 530 g/mol. The number of pyridine rings is 1. The van der Waals surface area contributed by atoms with Gasteiger partial charge < -0.3 is 10.1 Å². The number of hydrogen-bond donors (Lipinski definition) is 1. The maximum Gasteiger partial charge on any atom is 0.258 e. The fourth-order valence-corrected chi connectivity index (χ4v) is 5.29. The first-order valence-electron chi connectivity index (χ1n) is 11.6. The summed E-state index contributed by atoms with van der Waals surface area (Å²) in [5, 5.41) is 12.0. The average Bonchev–Trinajstić information content (AvgIpc) is 2.96. The maximum atomic E-state index is 16.0. The van der Waals surface area contributed by atoms with Crippen molar-refractivity contribution in [1.29, 1.82) is 5.26 Å². The summed E-state index contributed by atoms with van der Waals surface area (Å²) in [6.07, 6.45) is 3.69. The van der Waals surface area contributed by atoms with Crippen molar-refractivity contribution in [2.24, 2.45) is 0 Å². The van der Waals surface area contributed by atoms with Crippen LogP contribution in [0.1, 0.15) is 27.9 Å². The van der Waals surface area contributed by atoms with Crippen molar-refractivity contribution in [3.8, 4) is 11.8 Å². The largest absolute Gasteiger partial charge is 0.497 e. The molecule has 4 aromatic rings. The number of nitrogens with one attached hydrogen (secondary N) is 1. The number of hydrogen-bond acceptors (Lipinski definition) is 8. The van der Waals surface area contributed by atoms with Gasteiger partial charge in [0.15, 0.2) is 5.82 Å². The molecule has 0 unspecified atom stereocenters. The van der Waals surface area contributed by atoms with Crippen molar-refractivity contribution < 1.29 is 26.7 Å². The Balaban J connectivity index is 1.78. The average molecular weight is 553 g/mol. The molecule has 2 aromatic carbocycles. The number of rotatable bonds is 10. The van der Waals surface area contributed by atoms with Gasteiger partial charge in [-0.1, -0.05) is 12.1 Å². The van der Waals surface area contributed by atoms with E-state index in [-0.39, 0.29) is 29.6 Å². The second-order valence-corrected chi connectivity index (χ2v) is 10.2. The van der Waals surface area contributed by atoms with E-state index in [1.54, 1.807) is 24.3 Å². The second kappa shape index (κ2) is 11.8. The first-order valence-corrected chi connectivity index (χ1v) is 13.2. The molecule has 4 rings (SSSR count). The van der Waals surface area contributed by atoms with Crippen LogP contribution in [0.15, 0.2) is 61.2 Å². The molecule has 1 N–H and O–H groups in total. The Morgan fingerprint density at radius 2 is 1.92 bits per heavy atom. The lowest BCUT2D eigenvalue weighted by atomic mass is 10.1. The molecule has 10 nitrogen and oxygen atoms in total. The molecule has 0 bridgehead atoms. The zero-order valence-electron chi connectivity index (χ0n) is 20.6. The minimum absolute atomic E-state index is 0.0433. The first-order chi connectivity index (χ1) is 18.8. The van der Waals surface area contributed by atoms with Crippen molar-refractivity contribution in [2.75, 3.05) is 29.2 Å². The zero-order chi connectivity index (χ0) is 28.0. The van der Waals surface area contributed by atoms with Gasteiger partial charge in [0.2, 0.25) is 10.0 Å². The summed E-state index contributed by atoms with van der Waals surface area (Å²) in [7, 11) is -2.74. The summed E-state index contributed by atoms with van der Waals surface area (Å²) in [6, 6.07) is 12.0. The summed E-state index contributed by atoms with van der Waals surface area (Å²) in [4.78, 5) is 25.2. The number of aromatic nitrogens is 3. The molecule has 2 aromatic heterocycles. The zero-order valence-corrected chi connectivity index (χ0v) is 21.5. The number of methoxy groups -OCH3 is 1. The number of fused-ring (bicyclic) bond motifs is 1. The quantitative estimate of drug-likeness (QED) is 0.312. The minimum atomic E-state index is -4.22. The lowest BCUT2D eigenvalue weighted by molar-refractivity contribution is 0.102. The maximum absolute atomic E-state index is 16.0. The van der Waals surface area contributed by atoms with E-state index in [2.05, 4.69) is 20.3 Å². The summed E-state index contributed by atoms with van der Waals surface area (Å²) >= 11 is 0. The molecule has 2 heterocycles. The van der Waals surface area contributed by atoms with Crippen LogP contribution in [0.5, 0.6) is 5.75 Å². The van der Waals surface area contributed by atoms with Crippen LogP contribution >= 0.6 is 0 Å². The number of sulfonamides is 1. The molecule has 0 aliphatic carbocycles. The highest BCUT2D eigenvalue weighted by atomic mass is 32.2. The minimum Gasteiger partial charge on any atom is -0.497 e. The van der Waals surface area contributed by atoms with Gasteiger partial charge >= 0.3 is 0 Å². The van der Waals surface area contributed by atoms with Crippen LogP contribution in [0, 0.1) is 17.1 Å². The van der Waals surface area contributed by atoms with E-state index in [9.17, 15) is 22.9 Å². The van der Waals surface area contributed by atoms with Crippen LogP contribution in [0.3, 0.4) is 0 Å². The van der Waals surface area contributed by atoms with Crippen LogP contribution in [-0.2, 0) is 16.6 Å². The molecule has 0 radical (unpaired) electrons. The van der Waals surface area contributed by atoms with Crippen molar-refractivity contribution >= 4 is 38.3 Å². The monoisotopic (exact) mass is 552 g/mol. The summed E-state index contributed by atoms with van der Waals surface area (Å²) in [6.45, 7) is -1.17. The van der Waals surface area contributed by atoms with Crippen LogP contribution in [0.4, 0.5) is 20.2 Å². The molecule has 200 valence electrons. The second-order valence-electron chi connectivity index (χ2n) is 8.22. The van der Waals surface area contributed by atoms with Gasteiger partial charge in [0.1, 0.15) is 29.2 Å². The van der Waals surface area contributed by atoms with Gasteiger partial charge in [-0.25, -0.2) is 22.8 Å². The number of halogens is 2. The van der Waals surface area contributed by atoms with Gasteiger partial charge in [-0.05, 0) is 42.3 Å². The number of benzene rings is 2. The highest BCUT2D eigenvalue weighted by molar-refractivity contribution is 7.92. The fraction of sp³-hybridized carbons (Fsp3) is 0.192. The van der Waals surface area contributed by atoms with Crippen molar-refractivity contribution in [2.45, 2.75) is 13.0 Å². The standard InChI is InChI=1S/C26H22F2N6O4S/c1-38-19-6-3-17(4-7-19)15-34(39(36,37)12-2-10-27)22-8-5-18(13-29)24(23(22)28)33-26(35)20-9-11-31-21-14-30-16-32-25(20)21/h3-9,11,14,16H,2,10,12,15H2,1H3,(H,33,35). The van der Waals surface area contributed by atoms with Crippen LogP contribution in [-0.4, -0.2) is 48.8 Å². The summed E-state index contributed by atoms with van der Waals surface area (Å²) < 4.78 is 61.3. The highest BCUT2D eigenvalue weighted by Gasteiger charge is 2.28. The van der Waals surface area contributed by atoms with Gasteiger partial charge in [0, 0.05) is 6.20 Å². The Hall–Kier alpha value is -4.70. The Morgan fingerprint density at radius 3 is 2.62 bits per heavy atom. The molecule has 0 spiro atoms. The smallest absolute Gasteiger partial charge is 0.258 e. The highest BCUT2D eigenvalue weighted by Crippen LogP contribution is 2.33. The predicted molar refractivity (Wildman–Crippen MR) is 140 cm³/mol. The first kappa shape index (κ1) is 27.3. The Morgan fingerprint density at radius 1 is 1.15 bits per heavy atom. The van der Waals surface area contributed by atoms with Crippen LogP contribution < -0.4 is 14.4 Å². The fourth-order valence-electron chi connectivity index (χ4n) is 3.81. The molecule has 0 aliphatic rings. The Bertz CT molecular complexity index is 1650. The van der Waals surface area contributed by atoms with Crippen LogP contribution in [0.25, 0.3) is 11.0 Å². The predicted octanol–water partition coefficient (Wildman–Crippen LogP) is 3.99. The lowest BCUT2D eigenvalue weighted by Crippen LogP contribution is -2.34. The number of nitrogens with zero attached hydrogens (tertiary/aromatic N) is 5. The SMILES string of the molecule is COc1ccc(CN(c2ccc(C#N)c(NC(=O)c3ccnc4cncnc34)c2F)S(=O)(=O)CCCF)cc1. The normalized spacial score (nSPS) is 11.1. The third-order valence-electron chi connectivity index (χ3n) is 5.75. The number of carbonyl (C=O) groups excluding carboxylic acids is 1. The number of alkyl halides is 1. The van der Waals surface area contributed by atoms with Gasteiger partial charge in [-0.15, -0.1) is 0 Å². The molecule has 0 saturated heterocycles. The summed E-state index contributed by atoms with van der Waals surface area (Å²) in [5.41, 5.74) is -0.0957.